The number of nitrogen functional groups attached to an aromatic ring is 1. The number of nitrogens with one attached hydrogen (secondary N) is 1. The molecular weight excluding hydrogens is 276 g/mol. The van der Waals surface area contributed by atoms with Crippen molar-refractivity contribution in [2.45, 2.75) is 32.6 Å². The lowest BCUT2D eigenvalue weighted by molar-refractivity contribution is -0.116. The number of nitrogens with two attached hydrogens (primary N) is 1. The van der Waals surface area contributed by atoms with Crippen molar-refractivity contribution in [2.24, 2.45) is 0 Å². The van der Waals surface area contributed by atoms with Crippen molar-refractivity contribution in [3.63, 3.8) is 0 Å². The van der Waals surface area contributed by atoms with Crippen LogP contribution in [-0.2, 0) is 4.79 Å². The highest BCUT2D eigenvalue weighted by atomic mass is 16.5. The molecule has 0 saturated heterocycles. The molecule has 0 spiro atoms. The number of hydrogen-bond donors (Lipinski definition) is 2. The van der Waals surface area contributed by atoms with E-state index in [1.807, 2.05) is 36.4 Å². The van der Waals surface area contributed by atoms with Gasteiger partial charge in [-0.05, 0) is 55.0 Å². The van der Waals surface area contributed by atoms with Crippen LogP contribution in [0.4, 0.5) is 11.4 Å². The third-order valence-corrected chi connectivity index (χ3v) is 3.26. The third-order valence-electron chi connectivity index (χ3n) is 3.26. The first-order valence-corrected chi connectivity index (χ1v) is 7.60. The molecule has 0 fully saturated rings. The summed E-state index contributed by atoms with van der Waals surface area (Å²) in [6.07, 6.45) is 3.70. The van der Waals surface area contributed by atoms with Crippen LogP contribution in [0.3, 0.4) is 0 Å². The molecule has 2 aromatic rings. The Labute approximate surface area is 131 Å². The molecule has 2 aromatic carbocycles. The van der Waals surface area contributed by atoms with E-state index in [9.17, 15) is 4.79 Å². The van der Waals surface area contributed by atoms with Gasteiger partial charge in [-0.25, -0.2) is 0 Å². The highest BCUT2D eigenvalue weighted by molar-refractivity contribution is 5.90. The molecule has 0 aliphatic rings. The highest BCUT2D eigenvalue weighted by Gasteiger charge is 2.03. The minimum Gasteiger partial charge on any atom is -0.457 e. The molecule has 22 heavy (non-hydrogen) atoms. The fraction of sp³-hybridized carbons (Fsp3) is 0.278. The predicted octanol–water partition coefficient (Wildman–Crippen LogP) is 4.58. The Morgan fingerprint density at radius 3 is 2.18 bits per heavy atom. The van der Waals surface area contributed by atoms with Crippen molar-refractivity contribution < 1.29 is 9.53 Å². The van der Waals surface area contributed by atoms with Crippen LogP contribution in [0.5, 0.6) is 11.5 Å². The molecular formula is C18H22N2O2. The number of amides is 1. The molecule has 4 heteroatoms. The SMILES string of the molecule is CCCCCC(=O)Nc1ccc(Oc2ccc(N)cc2)cc1. The number of anilines is 2. The Hall–Kier alpha value is -2.49. The molecule has 0 atom stereocenters. The summed E-state index contributed by atoms with van der Waals surface area (Å²) in [4.78, 5) is 11.7. The van der Waals surface area contributed by atoms with E-state index in [-0.39, 0.29) is 5.91 Å². The van der Waals surface area contributed by atoms with Gasteiger partial charge in [0.05, 0.1) is 0 Å². The molecule has 0 unspecified atom stereocenters. The first-order chi connectivity index (χ1) is 10.7. The Morgan fingerprint density at radius 1 is 1.00 bits per heavy atom. The fourth-order valence-corrected chi connectivity index (χ4v) is 2.04. The van der Waals surface area contributed by atoms with E-state index >= 15 is 0 Å². The molecule has 0 aliphatic heterocycles. The van der Waals surface area contributed by atoms with Crippen LogP contribution in [0.15, 0.2) is 48.5 Å². The van der Waals surface area contributed by atoms with Crippen LogP contribution in [0, 0.1) is 0 Å². The van der Waals surface area contributed by atoms with Gasteiger partial charge in [-0.1, -0.05) is 19.8 Å². The molecule has 0 aromatic heterocycles. The largest absolute Gasteiger partial charge is 0.457 e. The summed E-state index contributed by atoms with van der Waals surface area (Å²) >= 11 is 0. The Kier molecular flexibility index (Phi) is 5.83. The number of hydrogen-bond acceptors (Lipinski definition) is 3. The Bertz CT molecular complexity index is 591. The number of ether oxygens (including phenoxy) is 1. The standard InChI is InChI=1S/C18H22N2O2/c1-2-3-4-5-18(21)20-15-8-12-17(13-9-15)22-16-10-6-14(19)7-11-16/h6-13H,2-5,19H2,1H3,(H,20,21). The maximum absolute atomic E-state index is 11.7. The Balaban J connectivity index is 1.87. The van der Waals surface area contributed by atoms with Crippen molar-refractivity contribution >= 4 is 17.3 Å². The third kappa shape index (κ3) is 5.13. The second-order valence-electron chi connectivity index (χ2n) is 5.20. The van der Waals surface area contributed by atoms with E-state index in [1.54, 1.807) is 12.1 Å². The normalized spacial score (nSPS) is 10.2. The van der Waals surface area contributed by atoms with E-state index in [1.165, 1.54) is 0 Å². The van der Waals surface area contributed by atoms with Gasteiger partial charge in [0.2, 0.25) is 5.91 Å². The van der Waals surface area contributed by atoms with Crippen LogP contribution in [0.2, 0.25) is 0 Å². The topological polar surface area (TPSA) is 64.3 Å². The maximum Gasteiger partial charge on any atom is 0.224 e. The molecule has 0 heterocycles. The summed E-state index contributed by atoms with van der Waals surface area (Å²) in [6, 6.07) is 14.6. The van der Waals surface area contributed by atoms with Crippen LogP contribution >= 0.6 is 0 Å². The molecule has 2 rings (SSSR count). The first-order valence-electron chi connectivity index (χ1n) is 7.60. The van der Waals surface area contributed by atoms with Crippen LogP contribution < -0.4 is 15.8 Å². The van der Waals surface area contributed by atoms with Gasteiger partial charge < -0.3 is 15.8 Å². The Morgan fingerprint density at radius 2 is 1.59 bits per heavy atom. The molecule has 116 valence electrons. The zero-order valence-corrected chi connectivity index (χ0v) is 12.8. The van der Waals surface area contributed by atoms with Crippen molar-refractivity contribution in [3.8, 4) is 11.5 Å². The number of carbonyl (C=O) groups is 1. The second kappa shape index (κ2) is 8.08. The van der Waals surface area contributed by atoms with Gasteiger partial charge >= 0.3 is 0 Å². The second-order valence-corrected chi connectivity index (χ2v) is 5.20. The van der Waals surface area contributed by atoms with Gasteiger partial charge in [-0.2, -0.15) is 0 Å². The van der Waals surface area contributed by atoms with E-state index in [0.29, 0.717) is 17.9 Å². The summed E-state index contributed by atoms with van der Waals surface area (Å²) in [5.41, 5.74) is 7.12. The molecule has 0 saturated carbocycles. The van der Waals surface area contributed by atoms with Crippen LogP contribution in [0.25, 0.3) is 0 Å². The summed E-state index contributed by atoms with van der Waals surface area (Å²) in [6.45, 7) is 2.12. The molecule has 4 nitrogen and oxygen atoms in total. The van der Waals surface area contributed by atoms with Crippen molar-refractivity contribution in [1.29, 1.82) is 0 Å². The first kappa shape index (κ1) is 15.9. The minimum absolute atomic E-state index is 0.0562. The summed E-state index contributed by atoms with van der Waals surface area (Å²) in [5.74, 6) is 1.50. The molecule has 0 aliphatic carbocycles. The smallest absolute Gasteiger partial charge is 0.224 e. The minimum atomic E-state index is 0.0562. The average Bonchev–Trinajstić information content (AvgIpc) is 2.52. The summed E-state index contributed by atoms with van der Waals surface area (Å²) < 4.78 is 5.70. The number of carbonyl (C=O) groups excluding carboxylic acids is 1. The van der Waals surface area contributed by atoms with Crippen LogP contribution in [0.1, 0.15) is 32.6 Å². The number of benzene rings is 2. The van der Waals surface area contributed by atoms with E-state index < -0.39 is 0 Å². The fourth-order valence-electron chi connectivity index (χ4n) is 2.04. The molecule has 3 N–H and O–H groups in total. The van der Waals surface area contributed by atoms with Crippen molar-refractivity contribution in [3.05, 3.63) is 48.5 Å². The van der Waals surface area contributed by atoms with Gasteiger partial charge in [-0.15, -0.1) is 0 Å². The number of unbranched alkanes of at least 4 members (excludes halogenated alkanes) is 2. The average molecular weight is 298 g/mol. The molecule has 0 bridgehead atoms. The van der Waals surface area contributed by atoms with Gasteiger partial charge in [0.25, 0.3) is 0 Å². The van der Waals surface area contributed by atoms with Gasteiger partial charge in [0, 0.05) is 17.8 Å². The van der Waals surface area contributed by atoms with E-state index in [2.05, 4.69) is 12.2 Å². The molecule has 0 radical (unpaired) electrons. The number of rotatable bonds is 7. The van der Waals surface area contributed by atoms with E-state index in [4.69, 9.17) is 10.5 Å². The maximum atomic E-state index is 11.7. The van der Waals surface area contributed by atoms with Crippen LogP contribution in [-0.4, -0.2) is 5.91 Å². The van der Waals surface area contributed by atoms with Crippen molar-refractivity contribution in [2.75, 3.05) is 11.1 Å². The zero-order chi connectivity index (χ0) is 15.8. The highest BCUT2D eigenvalue weighted by Crippen LogP contribution is 2.23. The quantitative estimate of drug-likeness (QED) is 0.581. The lowest BCUT2D eigenvalue weighted by Gasteiger charge is -2.08. The van der Waals surface area contributed by atoms with Crippen molar-refractivity contribution in [1.82, 2.24) is 0 Å². The summed E-state index contributed by atoms with van der Waals surface area (Å²) in [7, 11) is 0. The summed E-state index contributed by atoms with van der Waals surface area (Å²) in [5, 5.41) is 2.89. The predicted molar refractivity (Wildman–Crippen MR) is 90.1 cm³/mol. The lowest BCUT2D eigenvalue weighted by atomic mass is 10.2. The zero-order valence-electron chi connectivity index (χ0n) is 12.8. The van der Waals surface area contributed by atoms with E-state index in [0.717, 1.165) is 30.7 Å². The van der Waals surface area contributed by atoms with Gasteiger partial charge in [-0.3, -0.25) is 4.79 Å². The monoisotopic (exact) mass is 298 g/mol. The lowest BCUT2D eigenvalue weighted by Crippen LogP contribution is -2.10. The van der Waals surface area contributed by atoms with Gasteiger partial charge in [0.1, 0.15) is 11.5 Å². The van der Waals surface area contributed by atoms with Gasteiger partial charge in [0.15, 0.2) is 0 Å². The molecule has 1 amide bonds.